The van der Waals surface area contributed by atoms with Crippen molar-refractivity contribution >= 4 is 28.1 Å². The molecule has 1 fully saturated rings. The zero-order chi connectivity index (χ0) is 17.6. The molecule has 1 aliphatic carbocycles. The summed E-state index contributed by atoms with van der Waals surface area (Å²) < 4.78 is 1.95. The summed E-state index contributed by atoms with van der Waals surface area (Å²) in [5.74, 6) is -0.477. The van der Waals surface area contributed by atoms with E-state index in [1.54, 1.807) is 12.3 Å². The Bertz CT molecular complexity index is 994. The topological polar surface area (TPSA) is 120 Å². The number of thiophene rings is 1. The van der Waals surface area contributed by atoms with E-state index in [2.05, 4.69) is 4.98 Å². The number of rotatable bonds is 3. The molecule has 0 unspecified atom stereocenters. The van der Waals surface area contributed by atoms with Crippen molar-refractivity contribution in [3.8, 4) is 11.3 Å². The number of amides is 1. The van der Waals surface area contributed by atoms with Crippen molar-refractivity contribution in [2.75, 3.05) is 0 Å². The number of carbonyl (C=O) groups excluding carboxylic acids is 1. The highest BCUT2D eigenvalue weighted by Crippen LogP contribution is 2.34. The Morgan fingerprint density at radius 3 is 2.76 bits per heavy atom. The number of fused-ring (bicyclic) bond motifs is 1. The first-order valence-corrected chi connectivity index (χ1v) is 9.16. The molecule has 3 heterocycles. The van der Waals surface area contributed by atoms with Crippen LogP contribution < -0.4 is 17.0 Å². The standard InChI is InChI=1S/C17H19N5O2S/c18-10-1-3-11(4-2-10)22-12-5-6-20-17(24)14(12)15(21-22)9-7-13(16(19)23)25-8-9/h5-8,10-11H,1-4,18H2,(H2,19,23)(H,20,24). The Morgan fingerprint density at radius 2 is 2.08 bits per heavy atom. The fourth-order valence-electron chi connectivity index (χ4n) is 3.52. The highest BCUT2D eigenvalue weighted by atomic mass is 32.1. The van der Waals surface area contributed by atoms with E-state index in [4.69, 9.17) is 16.6 Å². The summed E-state index contributed by atoms with van der Waals surface area (Å²) >= 11 is 1.26. The molecule has 0 spiro atoms. The molecule has 5 N–H and O–H groups in total. The average Bonchev–Trinajstić information content (AvgIpc) is 3.21. The summed E-state index contributed by atoms with van der Waals surface area (Å²) in [6.07, 6.45) is 5.44. The van der Waals surface area contributed by atoms with Gasteiger partial charge in [0.25, 0.3) is 11.5 Å². The van der Waals surface area contributed by atoms with Crippen molar-refractivity contribution in [3.05, 3.63) is 38.9 Å². The minimum absolute atomic E-state index is 0.182. The van der Waals surface area contributed by atoms with E-state index >= 15 is 0 Å². The van der Waals surface area contributed by atoms with Gasteiger partial charge in [-0.1, -0.05) is 0 Å². The van der Waals surface area contributed by atoms with Crippen LogP contribution in [0.25, 0.3) is 22.2 Å². The van der Waals surface area contributed by atoms with Crippen LogP contribution in [0.1, 0.15) is 41.4 Å². The normalized spacial score (nSPS) is 20.8. The number of hydrogen-bond acceptors (Lipinski definition) is 5. The predicted octanol–water partition coefficient (Wildman–Crippen LogP) is 1.99. The molecule has 1 amide bonds. The van der Waals surface area contributed by atoms with Gasteiger partial charge in [0, 0.05) is 23.2 Å². The Balaban J connectivity index is 1.87. The number of carbonyl (C=O) groups is 1. The zero-order valence-corrected chi connectivity index (χ0v) is 14.4. The Kier molecular flexibility index (Phi) is 3.93. The summed E-state index contributed by atoms with van der Waals surface area (Å²) in [5, 5.41) is 7.11. The van der Waals surface area contributed by atoms with Crippen LogP contribution >= 0.6 is 11.3 Å². The maximum absolute atomic E-state index is 12.4. The fraction of sp³-hybridized carbons (Fsp3) is 0.353. The third-order valence-electron chi connectivity index (χ3n) is 4.83. The van der Waals surface area contributed by atoms with Crippen LogP contribution in [0.4, 0.5) is 0 Å². The van der Waals surface area contributed by atoms with Crippen molar-refractivity contribution in [2.24, 2.45) is 11.5 Å². The van der Waals surface area contributed by atoms with Crippen LogP contribution in [0.3, 0.4) is 0 Å². The van der Waals surface area contributed by atoms with Gasteiger partial charge in [-0.05, 0) is 37.8 Å². The van der Waals surface area contributed by atoms with Gasteiger partial charge in [-0.25, -0.2) is 0 Å². The molecule has 0 radical (unpaired) electrons. The van der Waals surface area contributed by atoms with Crippen molar-refractivity contribution in [1.82, 2.24) is 14.8 Å². The first kappa shape index (κ1) is 16.0. The van der Waals surface area contributed by atoms with Gasteiger partial charge in [0.2, 0.25) is 0 Å². The SMILES string of the molecule is NC(=O)c1cc(-c2nn(C3CCC(N)CC3)c3cc[nH]c(=O)c23)cs1. The molecule has 3 aromatic rings. The first-order chi connectivity index (χ1) is 12.0. The number of nitrogens with zero attached hydrogens (tertiary/aromatic N) is 2. The summed E-state index contributed by atoms with van der Waals surface area (Å²) in [4.78, 5) is 27.0. The second-order valence-electron chi connectivity index (χ2n) is 6.49. The lowest BCUT2D eigenvalue weighted by molar-refractivity contribution is 0.100. The monoisotopic (exact) mass is 357 g/mol. The molecule has 0 aromatic carbocycles. The van der Waals surface area contributed by atoms with Crippen LogP contribution in [-0.2, 0) is 0 Å². The van der Waals surface area contributed by atoms with E-state index in [0.29, 0.717) is 16.0 Å². The second-order valence-corrected chi connectivity index (χ2v) is 7.40. The molecular weight excluding hydrogens is 338 g/mol. The Morgan fingerprint density at radius 1 is 1.32 bits per heavy atom. The molecule has 1 saturated carbocycles. The van der Waals surface area contributed by atoms with Crippen LogP contribution in [0.2, 0.25) is 0 Å². The third-order valence-corrected chi connectivity index (χ3v) is 5.78. The first-order valence-electron chi connectivity index (χ1n) is 8.29. The van der Waals surface area contributed by atoms with E-state index in [-0.39, 0.29) is 17.6 Å². The summed E-state index contributed by atoms with van der Waals surface area (Å²) in [6, 6.07) is 4.05. The van der Waals surface area contributed by atoms with E-state index in [1.807, 2.05) is 16.1 Å². The molecule has 3 aromatic heterocycles. The van der Waals surface area contributed by atoms with Gasteiger partial charge in [0.15, 0.2) is 0 Å². The van der Waals surface area contributed by atoms with Gasteiger partial charge in [-0.3, -0.25) is 14.3 Å². The molecule has 0 saturated heterocycles. The van der Waals surface area contributed by atoms with Crippen LogP contribution in [0, 0.1) is 0 Å². The van der Waals surface area contributed by atoms with Crippen molar-refractivity contribution in [1.29, 1.82) is 0 Å². The Hall–Kier alpha value is -2.45. The summed E-state index contributed by atoms with van der Waals surface area (Å²) in [5.41, 5.74) is 13.3. The number of primary amides is 1. The number of aromatic nitrogens is 3. The fourth-order valence-corrected chi connectivity index (χ4v) is 4.26. The third kappa shape index (κ3) is 2.77. The molecule has 1 aliphatic rings. The van der Waals surface area contributed by atoms with Crippen molar-refractivity contribution in [2.45, 2.75) is 37.8 Å². The number of pyridine rings is 1. The smallest absolute Gasteiger partial charge is 0.259 e. The van der Waals surface area contributed by atoms with Gasteiger partial charge in [-0.15, -0.1) is 11.3 Å². The zero-order valence-electron chi connectivity index (χ0n) is 13.6. The molecule has 25 heavy (non-hydrogen) atoms. The molecular formula is C17H19N5O2S. The number of aromatic amines is 1. The molecule has 7 nitrogen and oxygen atoms in total. The van der Waals surface area contributed by atoms with Crippen molar-refractivity contribution in [3.63, 3.8) is 0 Å². The van der Waals surface area contributed by atoms with Gasteiger partial charge in [-0.2, -0.15) is 5.10 Å². The van der Waals surface area contributed by atoms with Crippen LogP contribution in [0.5, 0.6) is 0 Å². The Labute approximate surface area is 147 Å². The maximum atomic E-state index is 12.4. The predicted molar refractivity (Wildman–Crippen MR) is 97.7 cm³/mol. The number of hydrogen-bond donors (Lipinski definition) is 3. The van der Waals surface area contributed by atoms with Gasteiger partial charge >= 0.3 is 0 Å². The van der Waals surface area contributed by atoms with E-state index in [1.165, 1.54) is 11.3 Å². The molecule has 0 atom stereocenters. The lowest BCUT2D eigenvalue weighted by Gasteiger charge is -2.26. The second kappa shape index (κ2) is 6.12. The van der Waals surface area contributed by atoms with Gasteiger partial charge in [0.1, 0.15) is 5.69 Å². The van der Waals surface area contributed by atoms with Gasteiger partial charge < -0.3 is 16.5 Å². The number of nitrogens with one attached hydrogen (secondary N) is 1. The summed E-state index contributed by atoms with van der Waals surface area (Å²) in [7, 11) is 0. The van der Waals surface area contributed by atoms with E-state index in [0.717, 1.165) is 36.8 Å². The van der Waals surface area contributed by atoms with E-state index < -0.39 is 5.91 Å². The van der Waals surface area contributed by atoms with Crippen molar-refractivity contribution < 1.29 is 4.79 Å². The molecule has 4 rings (SSSR count). The molecule has 8 heteroatoms. The number of nitrogens with two attached hydrogens (primary N) is 2. The summed E-state index contributed by atoms with van der Waals surface area (Å²) in [6.45, 7) is 0. The van der Waals surface area contributed by atoms with Crippen LogP contribution in [-0.4, -0.2) is 26.7 Å². The van der Waals surface area contributed by atoms with Crippen LogP contribution in [0.15, 0.2) is 28.5 Å². The maximum Gasteiger partial charge on any atom is 0.259 e. The average molecular weight is 357 g/mol. The minimum Gasteiger partial charge on any atom is -0.365 e. The quantitative estimate of drug-likeness (QED) is 0.664. The minimum atomic E-state index is -0.477. The molecule has 0 aliphatic heterocycles. The molecule has 0 bridgehead atoms. The largest absolute Gasteiger partial charge is 0.365 e. The lowest BCUT2D eigenvalue weighted by Crippen LogP contribution is -2.28. The highest BCUT2D eigenvalue weighted by Gasteiger charge is 2.25. The highest BCUT2D eigenvalue weighted by molar-refractivity contribution is 7.12. The lowest BCUT2D eigenvalue weighted by atomic mass is 9.92. The van der Waals surface area contributed by atoms with E-state index in [9.17, 15) is 9.59 Å². The number of H-pyrrole nitrogens is 1. The van der Waals surface area contributed by atoms with Gasteiger partial charge in [0.05, 0.1) is 21.8 Å². The molecule has 130 valence electrons.